The standard InChI is InChI=1S/C35H48N2O4S.BrH/c1-4-5-6-7-8-9-10-11-12-13-14-15-21-40-34-20-19-32(23-33(34)29(3)38)41-26-35(39)36-31-18-16-17-30(22-31)25-37-24-28(2)42-27-37;/h16-20,22-24,27H,4-15,21,25-26H2,1-3H3;1H. The van der Waals surface area contributed by atoms with Crippen molar-refractivity contribution in [3.8, 4) is 11.5 Å². The summed E-state index contributed by atoms with van der Waals surface area (Å²) in [6.45, 7) is 7.04. The van der Waals surface area contributed by atoms with Crippen LogP contribution in [0.2, 0.25) is 0 Å². The molecule has 0 aliphatic heterocycles. The van der Waals surface area contributed by atoms with Crippen LogP contribution in [-0.2, 0) is 11.3 Å². The molecule has 3 rings (SSSR count). The highest BCUT2D eigenvalue weighted by atomic mass is 79.9. The first kappa shape index (κ1) is 36.5. The van der Waals surface area contributed by atoms with Gasteiger partial charge in [0.05, 0.1) is 17.0 Å². The van der Waals surface area contributed by atoms with E-state index < -0.39 is 0 Å². The van der Waals surface area contributed by atoms with Crippen molar-refractivity contribution in [1.29, 1.82) is 0 Å². The molecule has 0 aliphatic carbocycles. The van der Waals surface area contributed by atoms with Crippen molar-refractivity contribution in [2.45, 2.75) is 104 Å². The van der Waals surface area contributed by atoms with Crippen molar-refractivity contribution in [2.24, 2.45) is 0 Å². The number of hydrogen-bond acceptors (Lipinski definition) is 5. The lowest BCUT2D eigenvalue weighted by Crippen LogP contribution is -3.00. The molecule has 2 aromatic carbocycles. The Labute approximate surface area is 273 Å². The number of thiazole rings is 1. The van der Waals surface area contributed by atoms with Crippen molar-refractivity contribution in [3.05, 3.63) is 70.2 Å². The van der Waals surface area contributed by atoms with Gasteiger partial charge in [0.25, 0.3) is 5.91 Å². The number of carbonyl (C=O) groups is 2. The molecular formula is C35H49BrN2O4S. The SMILES string of the molecule is CCCCCCCCCCCCCCOc1ccc(OCC(=O)Nc2cccc(C[n+]3csc(C)c3)c2)cc1C(C)=O.[Br-]. The summed E-state index contributed by atoms with van der Waals surface area (Å²) in [5.41, 5.74) is 4.38. The molecule has 0 radical (unpaired) electrons. The molecule has 1 amide bonds. The van der Waals surface area contributed by atoms with Crippen molar-refractivity contribution in [3.63, 3.8) is 0 Å². The largest absolute Gasteiger partial charge is 1.00 e. The first-order valence-corrected chi connectivity index (χ1v) is 16.6. The van der Waals surface area contributed by atoms with Gasteiger partial charge in [0, 0.05) is 11.3 Å². The van der Waals surface area contributed by atoms with Crippen molar-refractivity contribution < 1.29 is 40.6 Å². The number of aromatic nitrogens is 1. The van der Waals surface area contributed by atoms with Crippen molar-refractivity contribution in [1.82, 2.24) is 0 Å². The molecule has 6 nitrogen and oxygen atoms in total. The van der Waals surface area contributed by atoms with E-state index in [-0.39, 0.29) is 35.3 Å². The number of benzene rings is 2. The fourth-order valence-corrected chi connectivity index (χ4v) is 5.59. The number of Topliss-reactive ketones (excluding diaryl/α,β-unsaturated/α-hetero) is 1. The van der Waals surface area contributed by atoms with Gasteiger partial charge >= 0.3 is 0 Å². The zero-order valence-corrected chi connectivity index (χ0v) is 28.6. The molecule has 1 aromatic heterocycles. The fraction of sp³-hybridized carbons (Fsp3) is 0.514. The fourth-order valence-electron chi connectivity index (χ4n) is 4.96. The normalized spacial score (nSPS) is 10.7. The lowest BCUT2D eigenvalue weighted by Gasteiger charge is -2.13. The molecule has 0 unspecified atom stereocenters. The molecule has 0 spiro atoms. The lowest BCUT2D eigenvalue weighted by molar-refractivity contribution is -0.683. The number of unbranched alkanes of at least 4 members (excludes halogenated alkanes) is 11. The highest BCUT2D eigenvalue weighted by Gasteiger charge is 2.13. The van der Waals surface area contributed by atoms with E-state index in [9.17, 15) is 9.59 Å². The van der Waals surface area contributed by atoms with E-state index in [2.05, 4.69) is 35.4 Å². The molecule has 0 saturated heterocycles. The Balaban J connectivity index is 0.00000645. The van der Waals surface area contributed by atoms with Gasteiger partial charge in [-0.25, -0.2) is 0 Å². The number of aryl methyl sites for hydroxylation is 1. The van der Waals surface area contributed by atoms with Crippen molar-refractivity contribution in [2.75, 3.05) is 18.5 Å². The van der Waals surface area contributed by atoms with E-state index >= 15 is 0 Å². The molecule has 3 aromatic rings. The second-order valence-electron chi connectivity index (χ2n) is 11.1. The number of halogens is 1. The van der Waals surface area contributed by atoms with Crippen LogP contribution in [0.1, 0.15) is 112 Å². The third kappa shape index (κ3) is 14.5. The van der Waals surface area contributed by atoms with Crippen LogP contribution in [-0.4, -0.2) is 24.9 Å². The first-order valence-electron chi connectivity index (χ1n) is 15.7. The summed E-state index contributed by atoms with van der Waals surface area (Å²) in [6.07, 6.45) is 17.6. The number of ether oxygens (including phenoxy) is 2. The molecule has 8 heteroatoms. The van der Waals surface area contributed by atoms with E-state index in [1.165, 1.54) is 76.0 Å². The van der Waals surface area contributed by atoms with Crippen LogP contribution in [0.4, 0.5) is 5.69 Å². The highest BCUT2D eigenvalue weighted by Crippen LogP contribution is 2.25. The number of ketones is 1. The molecule has 0 fully saturated rings. The van der Waals surface area contributed by atoms with Gasteiger partial charge in [-0.15, -0.1) is 0 Å². The minimum Gasteiger partial charge on any atom is -1.00 e. The van der Waals surface area contributed by atoms with Crippen molar-refractivity contribution >= 4 is 28.7 Å². The monoisotopic (exact) mass is 672 g/mol. The number of carbonyl (C=O) groups excluding carboxylic acids is 2. The third-order valence-electron chi connectivity index (χ3n) is 7.25. The summed E-state index contributed by atoms with van der Waals surface area (Å²) in [5, 5.41) is 2.90. The third-order valence-corrected chi connectivity index (χ3v) is 8.11. The summed E-state index contributed by atoms with van der Waals surface area (Å²) >= 11 is 1.70. The van der Waals surface area contributed by atoms with E-state index in [1.54, 1.807) is 29.5 Å². The Hall–Kier alpha value is -2.71. The van der Waals surface area contributed by atoms with E-state index in [0.29, 0.717) is 23.7 Å². The Kier molecular flexibility index (Phi) is 17.9. The summed E-state index contributed by atoms with van der Waals surface area (Å²) < 4.78 is 13.8. The number of nitrogens with one attached hydrogen (secondary N) is 1. The van der Waals surface area contributed by atoms with E-state index in [0.717, 1.165) is 30.6 Å². The van der Waals surface area contributed by atoms with Gasteiger partial charge < -0.3 is 31.8 Å². The summed E-state index contributed by atoms with van der Waals surface area (Å²) in [4.78, 5) is 26.1. The van der Waals surface area contributed by atoms with Gasteiger partial charge in [-0.2, -0.15) is 4.57 Å². The van der Waals surface area contributed by atoms with Gasteiger partial charge in [-0.05, 0) is 50.6 Å². The van der Waals surface area contributed by atoms with Crippen LogP contribution in [0.25, 0.3) is 0 Å². The minimum atomic E-state index is -0.261. The van der Waals surface area contributed by atoms with Gasteiger partial charge in [0.1, 0.15) is 11.5 Å². The number of anilines is 1. The van der Waals surface area contributed by atoms with Crippen LogP contribution in [0.5, 0.6) is 11.5 Å². The molecule has 0 bridgehead atoms. The van der Waals surface area contributed by atoms with Gasteiger partial charge in [0.15, 0.2) is 25.1 Å². The minimum absolute atomic E-state index is 0. The number of hydrogen-bond donors (Lipinski definition) is 1. The zero-order chi connectivity index (χ0) is 30.0. The summed E-state index contributed by atoms with van der Waals surface area (Å²) in [6, 6.07) is 13.0. The smallest absolute Gasteiger partial charge is 0.262 e. The average Bonchev–Trinajstić information content (AvgIpc) is 3.38. The highest BCUT2D eigenvalue weighted by molar-refractivity contribution is 7.09. The van der Waals surface area contributed by atoms with Gasteiger partial charge in [0.2, 0.25) is 5.51 Å². The molecule has 1 N–H and O–H groups in total. The predicted octanol–water partition coefficient (Wildman–Crippen LogP) is 5.70. The molecular weight excluding hydrogens is 624 g/mol. The predicted molar refractivity (Wildman–Crippen MR) is 172 cm³/mol. The lowest BCUT2D eigenvalue weighted by atomic mass is 10.1. The van der Waals surface area contributed by atoms with Crippen LogP contribution in [0.15, 0.2) is 54.2 Å². The van der Waals surface area contributed by atoms with E-state index in [4.69, 9.17) is 9.47 Å². The quantitative estimate of drug-likeness (QED) is 0.0896. The summed E-state index contributed by atoms with van der Waals surface area (Å²) in [7, 11) is 0. The second-order valence-corrected chi connectivity index (χ2v) is 12.2. The number of nitrogens with zero attached hydrogens (tertiary/aromatic N) is 1. The Morgan fingerprint density at radius 1 is 0.860 bits per heavy atom. The maximum absolute atomic E-state index is 12.6. The van der Waals surface area contributed by atoms with Gasteiger partial charge in [-0.1, -0.05) is 101 Å². The first-order chi connectivity index (χ1) is 20.4. The Morgan fingerprint density at radius 3 is 2.16 bits per heavy atom. The van der Waals surface area contributed by atoms with Gasteiger partial charge in [-0.3, -0.25) is 9.59 Å². The Morgan fingerprint density at radius 2 is 1.53 bits per heavy atom. The topological polar surface area (TPSA) is 68.5 Å². The number of rotatable bonds is 21. The molecule has 0 atom stereocenters. The maximum atomic E-state index is 12.6. The molecule has 0 saturated carbocycles. The average molecular weight is 674 g/mol. The van der Waals surface area contributed by atoms with E-state index in [1.807, 2.05) is 24.3 Å². The summed E-state index contributed by atoms with van der Waals surface area (Å²) in [5.74, 6) is 0.678. The van der Waals surface area contributed by atoms with Crippen LogP contribution < -0.4 is 36.3 Å². The maximum Gasteiger partial charge on any atom is 0.262 e. The zero-order valence-electron chi connectivity index (χ0n) is 26.2. The van der Waals surface area contributed by atoms with Crippen LogP contribution >= 0.6 is 11.3 Å². The van der Waals surface area contributed by atoms with Crippen LogP contribution in [0, 0.1) is 6.92 Å². The second kappa shape index (κ2) is 21.1. The molecule has 43 heavy (non-hydrogen) atoms. The molecule has 0 aliphatic rings. The molecule has 236 valence electrons. The Bertz CT molecular complexity index is 1250. The molecule has 1 heterocycles. The number of amides is 1. The van der Waals surface area contributed by atoms with Crippen LogP contribution in [0.3, 0.4) is 0 Å².